The fourth-order valence-corrected chi connectivity index (χ4v) is 5.67. The van der Waals surface area contributed by atoms with E-state index in [1.54, 1.807) is 10.4 Å². The van der Waals surface area contributed by atoms with Crippen LogP contribution in [0.25, 0.3) is 0 Å². The first-order valence-electron chi connectivity index (χ1n) is 10.2. The molecule has 1 aliphatic heterocycles. The highest BCUT2D eigenvalue weighted by atomic mass is 32.2. The van der Waals surface area contributed by atoms with E-state index in [0.717, 1.165) is 24.2 Å². The van der Waals surface area contributed by atoms with E-state index in [1.807, 2.05) is 37.3 Å². The summed E-state index contributed by atoms with van der Waals surface area (Å²) in [4.78, 5) is 12.4. The summed E-state index contributed by atoms with van der Waals surface area (Å²) in [5, 5.41) is 6.86. The first-order valence-corrected chi connectivity index (χ1v) is 11.8. The van der Waals surface area contributed by atoms with Gasteiger partial charge in [0.15, 0.2) is 5.69 Å². The number of carbonyl (C=O) groups excluding carboxylic acids is 1. The third-order valence-electron chi connectivity index (χ3n) is 5.74. The molecule has 8 heteroatoms. The molecule has 2 fully saturated rings. The van der Waals surface area contributed by atoms with Crippen molar-refractivity contribution in [2.24, 2.45) is 0 Å². The van der Waals surface area contributed by atoms with Crippen molar-refractivity contribution < 1.29 is 17.7 Å². The van der Waals surface area contributed by atoms with Crippen LogP contribution in [0.1, 0.15) is 60.3 Å². The molecule has 0 radical (unpaired) electrons. The SMILES string of the molecule is C[C@H]1C[C@H](NC(=O)c2cc(C3CC3)on2)CCN1S(=O)(=O)CCc1ccccc1. The van der Waals surface area contributed by atoms with Crippen LogP contribution >= 0.6 is 0 Å². The molecule has 1 saturated heterocycles. The van der Waals surface area contributed by atoms with Gasteiger partial charge in [0.25, 0.3) is 5.91 Å². The zero-order valence-electron chi connectivity index (χ0n) is 16.6. The molecule has 2 aromatic rings. The summed E-state index contributed by atoms with van der Waals surface area (Å²) >= 11 is 0. The van der Waals surface area contributed by atoms with Crippen LogP contribution in [-0.4, -0.2) is 48.2 Å². The molecule has 1 aliphatic carbocycles. The Balaban J connectivity index is 1.30. The minimum Gasteiger partial charge on any atom is -0.360 e. The number of sulfonamides is 1. The molecule has 0 spiro atoms. The van der Waals surface area contributed by atoms with E-state index in [0.29, 0.717) is 37.4 Å². The van der Waals surface area contributed by atoms with Crippen LogP contribution in [0.15, 0.2) is 40.9 Å². The fraction of sp³-hybridized carbons (Fsp3) is 0.524. The largest absolute Gasteiger partial charge is 0.360 e. The Labute approximate surface area is 171 Å². The van der Waals surface area contributed by atoms with Gasteiger partial charge in [-0.15, -0.1) is 0 Å². The zero-order valence-corrected chi connectivity index (χ0v) is 17.4. The second kappa shape index (κ2) is 8.28. The van der Waals surface area contributed by atoms with Crippen LogP contribution in [-0.2, 0) is 16.4 Å². The lowest BCUT2D eigenvalue weighted by atomic mass is 10.0. The van der Waals surface area contributed by atoms with E-state index in [2.05, 4.69) is 10.5 Å². The number of piperidine rings is 1. The molecule has 2 aliphatic rings. The van der Waals surface area contributed by atoms with Crippen molar-refractivity contribution in [2.75, 3.05) is 12.3 Å². The Bertz CT molecular complexity index is 953. The predicted octanol–water partition coefficient (Wildman–Crippen LogP) is 2.71. The number of aryl methyl sites for hydroxylation is 1. The summed E-state index contributed by atoms with van der Waals surface area (Å²) in [5.74, 6) is 1.04. The maximum absolute atomic E-state index is 12.8. The van der Waals surface area contributed by atoms with Crippen LogP contribution in [0.5, 0.6) is 0 Å². The Kier molecular flexibility index (Phi) is 5.74. The molecule has 0 unspecified atom stereocenters. The summed E-state index contributed by atoms with van der Waals surface area (Å²) in [5.41, 5.74) is 1.32. The van der Waals surface area contributed by atoms with Crippen molar-refractivity contribution in [3.63, 3.8) is 0 Å². The van der Waals surface area contributed by atoms with Crippen molar-refractivity contribution in [1.82, 2.24) is 14.8 Å². The van der Waals surface area contributed by atoms with Crippen LogP contribution in [0.2, 0.25) is 0 Å². The fourth-order valence-electron chi connectivity index (χ4n) is 3.92. The van der Waals surface area contributed by atoms with Gasteiger partial charge in [0.1, 0.15) is 5.76 Å². The molecule has 7 nitrogen and oxygen atoms in total. The normalized spacial score (nSPS) is 23.1. The minimum atomic E-state index is -3.34. The van der Waals surface area contributed by atoms with Gasteiger partial charge in [-0.1, -0.05) is 35.5 Å². The number of rotatable bonds is 7. The third kappa shape index (κ3) is 4.87. The quantitative estimate of drug-likeness (QED) is 0.748. The lowest BCUT2D eigenvalue weighted by Gasteiger charge is -2.36. The highest BCUT2D eigenvalue weighted by Gasteiger charge is 2.34. The average Bonchev–Trinajstić information content (AvgIpc) is 3.43. The Morgan fingerprint density at radius 1 is 1.24 bits per heavy atom. The van der Waals surface area contributed by atoms with Gasteiger partial charge in [-0.25, -0.2) is 8.42 Å². The van der Waals surface area contributed by atoms with Gasteiger partial charge >= 0.3 is 0 Å². The Morgan fingerprint density at radius 3 is 2.69 bits per heavy atom. The third-order valence-corrected chi connectivity index (χ3v) is 7.72. The molecular weight excluding hydrogens is 390 g/mol. The number of hydrogen-bond donors (Lipinski definition) is 1. The molecule has 4 rings (SSSR count). The number of amides is 1. The molecule has 1 aromatic carbocycles. The number of hydrogen-bond acceptors (Lipinski definition) is 5. The van der Waals surface area contributed by atoms with Gasteiger partial charge in [-0.3, -0.25) is 4.79 Å². The van der Waals surface area contributed by atoms with Crippen LogP contribution in [0.3, 0.4) is 0 Å². The first kappa shape index (κ1) is 20.1. The monoisotopic (exact) mass is 417 g/mol. The average molecular weight is 418 g/mol. The maximum atomic E-state index is 12.8. The van der Waals surface area contributed by atoms with E-state index >= 15 is 0 Å². The first-order chi connectivity index (χ1) is 13.9. The van der Waals surface area contributed by atoms with Crippen molar-refractivity contribution in [3.05, 3.63) is 53.4 Å². The number of nitrogens with zero attached hydrogens (tertiary/aromatic N) is 2. The Morgan fingerprint density at radius 2 is 2.00 bits per heavy atom. The number of aromatic nitrogens is 1. The van der Waals surface area contributed by atoms with E-state index in [-0.39, 0.29) is 23.7 Å². The summed E-state index contributed by atoms with van der Waals surface area (Å²) in [6.45, 7) is 2.31. The maximum Gasteiger partial charge on any atom is 0.273 e. The van der Waals surface area contributed by atoms with Gasteiger partial charge in [-0.05, 0) is 44.6 Å². The number of carbonyl (C=O) groups is 1. The molecule has 1 saturated carbocycles. The molecule has 2 heterocycles. The molecule has 0 bridgehead atoms. The van der Waals surface area contributed by atoms with E-state index in [4.69, 9.17) is 4.52 Å². The molecular formula is C21H27N3O4S. The molecule has 29 heavy (non-hydrogen) atoms. The van der Waals surface area contributed by atoms with Crippen molar-refractivity contribution in [1.29, 1.82) is 0 Å². The summed E-state index contributed by atoms with van der Waals surface area (Å²) in [6, 6.07) is 11.1. The van der Waals surface area contributed by atoms with Crippen molar-refractivity contribution in [3.8, 4) is 0 Å². The number of nitrogens with one attached hydrogen (secondary N) is 1. The van der Waals surface area contributed by atoms with Crippen LogP contribution in [0.4, 0.5) is 0 Å². The standard InChI is InChI=1S/C21H27N3O4S/c1-15-13-18(22-21(25)19-14-20(28-23-19)17-7-8-17)9-11-24(15)29(26,27)12-10-16-5-3-2-4-6-16/h2-6,14-15,17-18H,7-13H2,1H3,(H,22,25)/t15-,18+/m0/s1. The number of benzene rings is 1. The molecule has 1 aromatic heterocycles. The topological polar surface area (TPSA) is 92.5 Å². The van der Waals surface area contributed by atoms with Crippen LogP contribution in [0, 0.1) is 0 Å². The van der Waals surface area contributed by atoms with Crippen molar-refractivity contribution >= 4 is 15.9 Å². The summed E-state index contributed by atoms with van der Waals surface area (Å²) < 4.78 is 32.4. The summed E-state index contributed by atoms with van der Waals surface area (Å²) in [7, 11) is -3.34. The van der Waals surface area contributed by atoms with E-state index in [1.165, 1.54) is 0 Å². The van der Waals surface area contributed by atoms with Crippen molar-refractivity contribution in [2.45, 2.75) is 57.0 Å². The van der Waals surface area contributed by atoms with E-state index in [9.17, 15) is 13.2 Å². The van der Waals surface area contributed by atoms with Gasteiger partial charge in [0.05, 0.1) is 5.75 Å². The lowest BCUT2D eigenvalue weighted by molar-refractivity contribution is 0.0905. The molecule has 2 atom stereocenters. The van der Waals surface area contributed by atoms with Gasteiger partial charge in [0, 0.05) is 30.6 Å². The lowest BCUT2D eigenvalue weighted by Crippen LogP contribution is -2.51. The minimum absolute atomic E-state index is 0.0702. The van der Waals surface area contributed by atoms with Gasteiger partial charge in [-0.2, -0.15) is 4.31 Å². The highest BCUT2D eigenvalue weighted by Crippen LogP contribution is 2.40. The second-order valence-electron chi connectivity index (χ2n) is 8.09. The van der Waals surface area contributed by atoms with E-state index < -0.39 is 10.0 Å². The Hall–Kier alpha value is -2.19. The molecule has 1 N–H and O–H groups in total. The second-order valence-corrected chi connectivity index (χ2v) is 10.1. The zero-order chi connectivity index (χ0) is 20.4. The summed E-state index contributed by atoms with van der Waals surface area (Å²) in [6.07, 6.45) is 3.86. The van der Waals surface area contributed by atoms with Gasteiger partial charge < -0.3 is 9.84 Å². The van der Waals surface area contributed by atoms with Gasteiger partial charge in [0.2, 0.25) is 10.0 Å². The molecule has 156 valence electrons. The predicted molar refractivity (Wildman–Crippen MR) is 109 cm³/mol. The molecule has 1 amide bonds. The van der Waals surface area contributed by atoms with Crippen LogP contribution < -0.4 is 5.32 Å². The smallest absolute Gasteiger partial charge is 0.273 e. The highest BCUT2D eigenvalue weighted by molar-refractivity contribution is 7.89.